The fraction of sp³-hybridized carbons (Fsp3) is 0.231. The molecule has 2 aromatic carbocycles. The zero-order valence-corrected chi connectivity index (χ0v) is 21.4. The van der Waals surface area contributed by atoms with Crippen LogP contribution in [0.25, 0.3) is 22.4 Å². The van der Waals surface area contributed by atoms with E-state index in [1.165, 1.54) is 42.2 Å². The standard InChI is InChI=1S/C26H24ClF2N7O2/c1-14-19(12-32-34-14)16-5-6-18(23(29)22(16)28)21-13-31-24(35(21)2)25(37)33-15-3-4-17(20(27)11-15)26(38)36-9-7-30-8-10-36/h3-6,11-13,30H,7-10H2,1-2H3,(H,32,34)(H,33,37). The van der Waals surface area contributed by atoms with Crippen LogP contribution < -0.4 is 10.6 Å². The van der Waals surface area contributed by atoms with E-state index >= 15 is 4.39 Å². The van der Waals surface area contributed by atoms with Crippen LogP contribution in [0.5, 0.6) is 0 Å². The van der Waals surface area contributed by atoms with E-state index in [2.05, 4.69) is 25.8 Å². The van der Waals surface area contributed by atoms with Gasteiger partial charge in [0, 0.05) is 61.8 Å². The van der Waals surface area contributed by atoms with Crippen LogP contribution in [0.3, 0.4) is 0 Å². The molecule has 2 aromatic heterocycles. The predicted molar refractivity (Wildman–Crippen MR) is 139 cm³/mol. The van der Waals surface area contributed by atoms with E-state index in [9.17, 15) is 14.0 Å². The summed E-state index contributed by atoms with van der Waals surface area (Å²) in [5, 5.41) is 12.7. The zero-order chi connectivity index (χ0) is 27.0. The molecule has 0 radical (unpaired) electrons. The summed E-state index contributed by atoms with van der Waals surface area (Å²) in [4.78, 5) is 31.6. The van der Waals surface area contributed by atoms with Gasteiger partial charge in [-0.3, -0.25) is 14.7 Å². The number of nitrogens with one attached hydrogen (secondary N) is 3. The van der Waals surface area contributed by atoms with E-state index in [1.54, 1.807) is 24.0 Å². The minimum absolute atomic E-state index is 0.0216. The first-order valence-electron chi connectivity index (χ1n) is 11.9. The summed E-state index contributed by atoms with van der Waals surface area (Å²) in [7, 11) is 1.53. The van der Waals surface area contributed by atoms with Crippen molar-refractivity contribution in [3.8, 4) is 22.4 Å². The quantitative estimate of drug-likeness (QED) is 0.355. The fourth-order valence-electron chi connectivity index (χ4n) is 4.45. The Labute approximate surface area is 221 Å². The molecule has 38 heavy (non-hydrogen) atoms. The van der Waals surface area contributed by atoms with Gasteiger partial charge in [0.15, 0.2) is 17.5 Å². The van der Waals surface area contributed by atoms with Crippen LogP contribution in [0.1, 0.15) is 26.7 Å². The molecule has 9 nitrogen and oxygen atoms in total. The SMILES string of the molecule is Cc1n[nH]cc1-c1ccc(-c2cnc(C(=O)Nc3ccc(C(=O)N4CCNCC4)c(Cl)c3)n2C)c(F)c1F. The zero-order valence-electron chi connectivity index (χ0n) is 20.6. The Bertz CT molecular complexity index is 1540. The number of hydrogen-bond acceptors (Lipinski definition) is 5. The molecule has 1 saturated heterocycles. The van der Waals surface area contributed by atoms with Gasteiger partial charge in [0.05, 0.1) is 28.2 Å². The normalized spacial score (nSPS) is 13.6. The van der Waals surface area contributed by atoms with Gasteiger partial charge in [-0.25, -0.2) is 13.8 Å². The minimum atomic E-state index is -1.06. The van der Waals surface area contributed by atoms with Gasteiger partial charge >= 0.3 is 0 Å². The highest BCUT2D eigenvalue weighted by atomic mass is 35.5. The molecule has 0 unspecified atom stereocenters. The summed E-state index contributed by atoms with van der Waals surface area (Å²) in [5.41, 5.74) is 1.95. The second-order valence-electron chi connectivity index (χ2n) is 8.89. The van der Waals surface area contributed by atoms with Crippen LogP contribution in [0.2, 0.25) is 5.02 Å². The van der Waals surface area contributed by atoms with Crippen molar-refractivity contribution in [1.29, 1.82) is 0 Å². The van der Waals surface area contributed by atoms with Crippen molar-refractivity contribution in [1.82, 2.24) is 30.0 Å². The first kappa shape index (κ1) is 25.6. The van der Waals surface area contributed by atoms with Crippen LogP contribution >= 0.6 is 11.6 Å². The molecular weight excluding hydrogens is 516 g/mol. The summed E-state index contributed by atoms with van der Waals surface area (Å²) < 4.78 is 31.4. The molecule has 0 saturated carbocycles. The minimum Gasteiger partial charge on any atom is -0.336 e. The molecule has 3 N–H and O–H groups in total. The third-order valence-corrected chi connectivity index (χ3v) is 6.84. The monoisotopic (exact) mass is 539 g/mol. The van der Waals surface area contributed by atoms with E-state index in [-0.39, 0.29) is 33.6 Å². The topological polar surface area (TPSA) is 108 Å². The number of rotatable bonds is 5. The lowest BCUT2D eigenvalue weighted by Gasteiger charge is -2.27. The first-order chi connectivity index (χ1) is 18.3. The Kier molecular flexibility index (Phi) is 6.96. The van der Waals surface area contributed by atoms with Crippen LogP contribution in [0.15, 0.2) is 42.7 Å². The average Bonchev–Trinajstić information content (AvgIpc) is 3.51. The predicted octanol–water partition coefficient (Wildman–Crippen LogP) is 4.01. The van der Waals surface area contributed by atoms with Crippen LogP contribution in [0.4, 0.5) is 14.5 Å². The van der Waals surface area contributed by atoms with Crippen molar-refractivity contribution in [2.24, 2.45) is 7.05 Å². The highest BCUT2D eigenvalue weighted by Crippen LogP contribution is 2.32. The number of aromatic nitrogens is 4. The Balaban J connectivity index is 1.35. The third-order valence-electron chi connectivity index (χ3n) is 6.53. The first-order valence-corrected chi connectivity index (χ1v) is 12.3. The van der Waals surface area contributed by atoms with Gasteiger partial charge in [-0.1, -0.05) is 17.7 Å². The number of hydrogen-bond donors (Lipinski definition) is 3. The lowest BCUT2D eigenvalue weighted by Crippen LogP contribution is -2.46. The van der Waals surface area contributed by atoms with E-state index < -0.39 is 17.5 Å². The van der Waals surface area contributed by atoms with Crippen molar-refractivity contribution in [3.63, 3.8) is 0 Å². The van der Waals surface area contributed by atoms with Crippen molar-refractivity contribution in [3.05, 3.63) is 76.5 Å². The summed E-state index contributed by atoms with van der Waals surface area (Å²) in [6, 6.07) is 7.53. The summed E-state index contributed by atoms with van der Waals surface area (Å²) in [6.45, 7) is 4.30. The molecule has 2 amide bonds. The Morgan fingerprint density at radius 2 is 1.76 bits per heavy atom. The van der Waals surface area contributed by atoms with E-state index in [1.807, 2.05) is 0 Å². The van der Waals surface area contributed by atoms with Gasteiger partial charge in [0.25, 0.3) is 11.8 Å². The molecule has 196 valence electrons. The van der Waals surface area contributed by atoms with Gasteiger partial charge in [0.2, 0.25) is 0 Å². The molecule has 0 bridgehead atoms. The number of halogens is 3. The van der Waals surface area contributed by atoms with Gasteiger partial charge < -0.3 is 20.1 Å². The van der Waals surface area contributed by atoms with E-state index in [4.69, 9.17) is 11.6 Å². The van der Waals surface area contributed by atoms with Gasteiger partial charge in [-0.05, 0) is 31.2 Å². The maximum Gasteiger partial charge on any atom is 0.291 e. The lowest BCUT2D eigenvalue weighted by molar-refractivity contribution is 0.0736. The van der Waals surface area contributed by atoms with Crippen LogP contribution in [0, 0.1) is 18.6 Å². The number of aryl methyl sites for hydroxylation is 1. The average molecular weight is 540 g/mol. The van der Waals surface area contributed by atoms with Crippen molar-refractivity contribution in [2.75, 3.05) is 31.5 Å². The highest BCUT2D eigenvalue weighted by Gasteiger charge is 2.24. The number of carbonyl (C=O) groups excluding carboxylic acids is 2. The molecule has 1 aliphatic heterocycles. The van der Waals surface area contributed by atoms with Crippen LogP contribution in [-0.2, 0) is 7.05 Å². The Morgan fingerprint density at radius 1 is 1.05 bits per heavy atom. The Hall–Kier alpha value is -4.09. The molecule has 0 atom stereocenters. The molecular formula is C26H24ClF2N7O2. The van der Waals surface area contributed by atoms with Gasteiger partial charge in [-0.15, -0.1) is 0 Å². The maximum absolute atomic E-state index is 15.1. The molecule has 12 heteroatoms. The summed E-state index contributed by atoms with van der Waals surface area (Å²) in [6.07, 6.45) is 2.80. The van der Waals surface area contributed by atoms with Crippen molar-refractivity contribution >= 4 is 29.1 Å². The van der Waals surface area contributed by atoms with Crippen molar-refractivity contribution in [2.45, 2.75) is 6.92 Å². The fourth-order valence-corrected chi connectivity index (χ4v) is 4.71. The largest absolute Gasteiger partial charge is 0.336 e. The molecule has 3 heterocycles. The maximum atomic E-state index is 15.1. The number of amides is 2. The molecule has 4 aromatic rings. The highest BCUT2D eigenvalue weighted by molar-refractivity contribution is 6.34. The molecule has 1 fully saturated rings. The number of benzene rings is 2. The van der Waals surface area contributed by atoms with Crippen molar-refractivity contribution < 1.29 is 18.4 Å². The third kappa shape index (κ3) is 4.66. The smallest absolute Gasteiger partial charge is 0.291 e. The summed E-state index contributed by atoms with van der Waals surface area (Å²) in [5.74, 6) is -2.86. The number of H-pyrrole nitrogens is 1. The second kappa shape index (κ2) is 10.3. The molecule has 5 rings (SSSR count). The van der Waals surface area contributed by atoms with E-state index in [0.717, 1.165) is 0 Å². The number of aromatic amines is 1. The number of carbonyl (C=O) groups is 2. The molecule has 1 aliphatic rings. The Morgan fingerprint density at radius 3 is 2.45 bits per heavy atom. The number of piperazine rings is 1. The molecule has 0 spiro atoms. The number of anilines is 1. The van der Waals surface area contributed by atoms with Gasteiger partial charge in [0.1, 0.15) is 0 Å². The number of nitrogens with zero attached hydrogens (tertiary/aromatic N) is 4. The number of imidazole rings is 1. The lowest BCUT2D eigenvalue weighted by atomic mass is 10.0. The van der Waals surface area contributed by atoms with Gasteiger partial charge in [-0.2, -0.15) is 5.10 Å². The van der Waals surface area contributed by atoms with Crippen LogP contribution in [-0.4, -0.2) is 62.6 Å². The molecule has 0 aliphatic carbocycles. The second-order valence-corrected chi connectivity index (χ2v) is 9.30. The summed E-state index contributed by atoms with van der Waals surface area (Å²) >= 11 is 6.36. The van der Waals surface area contributed by atoms with E-state index in [0.29, 0.717) is 48.7 Å².